The first-order valence-corrected chi connectivity index (χ1v) is 21.3. The van der Waals surface area contributed by atoms with Gasteiger partial charge in [-0.25, -0.2) is 4.79 Å². The van der Waals surface area contributed by atoms with Crippen molar-refractivity contribution in [3.63, 3.8) is 0 Å². The number of likely N-dealkylation sites (tertiary alicyclic amines) is 2. The molecule has 2 aromatic heterocycles. The molecular formula is C47H62N6O6. The van der Waals surface area contributed by atoms with Crippen molar-refractivity contribution >= 4 is 6.09 Å². The Morgan fingerprint density at radius 2 is 1.24 bits per heavy atom. The summed E-state index contributed by atoms with van der Waals surface area (Å²) in [5.41, 5.74) is 3.92. The first-order valence-electron chi connectivity index (χ1n) is 21.3. The smallest absolute Gasteiger partial charge is 0.410 e. The summed E-state index contributed by atoms with van der Waals surface area (Å²) < 4.78 is 28.3. The predicted octanol–water partition coefficient (Wildman–Crippen LogP) is 7.64. The van der Waals surface area contributed by atoms with Gasteiger partial charge < -0.3 is 29.0 Å². The highest BCUT2D eigenvalue weighted by molar-refractivity contribution is 5.68. The molecule has 59 heavy (non-hydrogen) atoms. The van der Waals surface area contributed by atoms with Crippen LogP contribution in [0.5, 0.6) is 23.0 Å². The lowest BCUT2D eigenvalue weighted by atomic mass is 9.96. The summed E-state index contributed by atoms with van der Waals surface area (Å²) in [6.07, 6.45) is 7.27. The molecule has 0 bridgehead atoms. The molecule has 0 radical (unpaired) electrons. The maximum atomic E-state index is 13.2. The predicted molar refractivity (Wildman–Crippen MR) is 228 cm³/mol. The quantitative estimate of drug-likeness (QED) is 0.171. The second-order valence-electron chi connectivity index (χ2n) is 17.1. The number of benzene rings is 2. The Morgan fingerprint density at radius 3 is 1.78 bits per heavy atom. The fourth-order valence-corrected chi connectivity index (χ4v) is 8.24. The van der Waals surface area contributed by atoms with Gasteiger partial charge in [0.25, 0.3) is 0 Å². The van der Waals surface area contributed by atoms with Gasteiger partial charge in [0.05, 0.1) is 30.3 Å². The Morgan fingerprint density at radius 1 is 0.729 bits per heavy atom. The number of carbonyl (C=O) groups excluding carboxylic acids is 1. The van der Waals surface area contributed by atoms with E-state index in [1.54, 1.807) is 12.4 Å². The van der Waals surface area contributed by atoms with Gasteiger partial charge in [-0.3, -0.25) is 24.7 Å². The summed E-state index contributed by atoms with van der Waals surface area (Å²) in [6.45, 7) is 17.7. The van der Waals surface area contributed by atoms with Gasteiger partial charge in [-0.2, -0.15) is 0 Å². The first-order chi connectivity index (χ1) is 28.6. The number of ether oxygens (including phenoxy) is 5. The highest BCUT2D eigenvalue weighted by Gasteiger charge is 2.35. The molecule has 4 unspecified atom stereocenters. The Kier molecular flexibility index (Phi) is 14.2. The molecule has 4 atom stereocenters. The Balaban J connectivity index is 0.000000184. The zero-order chi connectivity index (χ0) is 41.2. The minimum absolute atomic E-state index is 0.0804. The van der Waals surface area contributed by atoms with Crippen LogP contribution in [-0.2, 0) is 30.9 Å². The zero-order valence-electron chi connectivity index (χ0n) is 35.5. The molecule has 316 valence electrons. The van der Waals surface area contributed by atoms with E-state index in [9.17, 15) is 4.79 Å². The molecule has 12 nitrogen and oxygen atoms in total. The van der Waals surface area contributed by atoms with Crippen LogP contribution in [-0.4, -0.2) is 100 Å². The van der Waals surface area contributed by atoms with Crippen LogP contribution < -0.4 is 24.3 Å². The van der Waals surface area contributed by atoms with Gasteiger partial charge in [-0.1, -0.05) is 60.7 Å². The van der Waals surface area contributed by atoms with E-state index < -0.39 is 5.60 Å². The van der Waals surface area contributed by atoms with E-state index in [2.05, 4.69) is 93.5 Å². The molecule has 12 heteroatoms. The van der Waals surface area contributed by atoms with Gasteiger partial charge in [-0.05, 0) is 71.4 Å². The number of rotatable bonds is 10. The molecule has 0 aliphatic carbocycles. The summed E-state index contributed by atoms with van der Waals surface area (Å²) in [5, 5.41) is 3.67. The molecule has 1 amide bonds. The number of aromatic nitrogens is 2. The number of piperidine rings is 2. The second-order valence-corrected chi connectivity index (χ2v) is 17.1. The van der Waals surface area contributed by atoms with E-state index in [1.807, 2.05) is 43.9 Å². The summed E-state index contributed by atoms with van der Waals surface area (Å²) in [7, 11) is 0. The van der Waals surface area contributed by atoms with E-state index in [-0.39, 0.29) is 12.1 Å². The van der Waals surface area contributed by atoms with Crippen molar-refractivity contribution in [2.75, 3.05) is 39.5 Å². The Bertz CT molecular complexity index is 1940. The molecule has 6 heterocycles. The molecule has 2 fully saturated rings. The third kappa shape index (κ3) is 12.1. The molecule has 4 aromatic rings. The highest BCUT2D eigenvalue weighted by Crippen LogP contribution is 2.32. The molecule has 8 rings (SSSR count). The monoisotopic (exact) mass is 806 g/mol. The van der Waals surface area contributed by atoms with Crippen molar-refractivity contribution < 1.29 is 28.5 Å². The summed E-state index contributed by atoms with van der Waals surface area (Å²) in [4.78, 5) is 29.2. The van der Waals surface area contributed by atoms with Crippen molar-refractivity contribution in [2.45, 2.75) is 116 Å². The number of nitrogens with one attached hydrogen (secondary N) is 1. The molecule has 2 saturated heterocycles. The lowest BCUT2D eigenvalue weighted by molar-refractivity contribution is -0.000742. The van der Waals surface area contributed by atoms with Crippen molar-refractivity contribution in [3.8, 4) is 23.0 Å². The Hall–Kier alpha value is -4.91. The van der Waals surface area contributed by atoms with Crippen molar-refractivity contribution in [3.05, 3.63) is 108 Å². The average Bonchev–Trinajstić information content (AvgIpc) is 3.24. The van der Waals surface area contributed by atoms with E-state index in [0.717, 1.165) is 74.9 Å². The molecule has 0 saturated carbocycles. The summed E-state index contributed by atoms with van der Waals surface area (Å²) in [6, 6.07) is 26.7. The highest BCUT2D eigenvalue weighted by atomic mass is 16.6. The fraction of sp³-hybridized carbons (Fsp3) is 0.511. The minimum atomic E-state index is -0.560. The van der Waals surface area contributed by atoms with Gasteiger partial charge in [-0.15, -0.1) is 0 Å². The van der Waals surface area contributed by atoms with Crippen LogP contribution in [0.4, 0.5) is 4.79 Å². The largest absolute Gasteiger partial charge is 0.486 e. The fourth-order valence-electron chi connectivity index (χ4n) is 8.24. The molecule has 4 aliphatic rings. The third-order valence-corrected chi connectivity index (χ3v) is 11.4. The van der Waals surface area contributed by atoms with Crippen LogP contribution in [0.3, 0.4) is 0 Å². The minimum Gasteiger partial charge on any atom is -0.486 e. The number of pyridine rings is 2. The standard InChI is InChI=1S/C26H35N3O4.C21H27N3O2/c1-19-14-22(10-11-28(19)17-20-8-6-5-7-9-20)29(25(30)33-26(2,3)4)18-21-15-23-24(16-27-21)32-13-12-31-23;1-16-11-18(7-8-24(16)15-17-5-3-2-4-6-17)22-13-19-12-20-21(14-23-19)26-10-9-25-20/h5-9,15-16,19,22H,10-14,17-18H2,1-4H3;2-6,12,14,16,18,22H,7-11,13,15H2,1H3. The van der Waals surface area contributed by atoms with E-state index in [4.69, 9.17) is 23.7 Å². The molecule has 0 spiro atoms. The van der Waals surface area contributed by atoms with Crippen molar-refractivity contribution in [1.29, 1.82) is 0 Å². The number of nitrogens with zero attached hydrogens (tertiary/aromatic N) is 5. The van der Waals surface area contributed by atoms with Crippen LogP contribution >= 0.6 is 0 Å². The van der Waals surface area contributed by atoms with E-state index in [0.29, 0.717) is 62.6 Å². The number of amides is 1. The van der Waals surface area contributed by atoms with E-state index in [1.165, 1.54) is 17.5 Å². The van der Waals surface area contributed by atoms with Crippen LogP contribution in [0, 0.1) is 0 Å². The van der Waals surface area contributed by atoms with Crippen LogP contribution in [0.1, 0.15) is 82.8 Å². The second kappa shape index (κ2) is 19.9. The van der Waals surface area contributed by atoms with E-state index >= 15 is 0 Å². The van der Waals surface area contributed by atoms with Gasteiger partial charge >= 0.3 is 6.09 Å². The lowest BCUT2D eigenvalue weighted by Gasteiger charge is -2.42. The van der Waals surface area contributed by atoms with Gasteiger partial charge in [0, 0.05) is 69.0 Å². The molecule has 1 N–H and O–H groups in total. The topological polar surface area (TPSA) is 111 Å². The maximum absolute atomic E-state index is 13.2. The van der Waals surface area contributed by atoms with Crippen molar-refractivity contribution in [2.24, 2.45) is 0 Å². The van der Waals surface area contributed by atoms with Gasteiger partial charge in [0.1, 0.15) is 32.0 Å². The number of hydrogen-bond donors (Lipinski definition) is 1. The average molecular weight is 807 g/mol. The Labute approximate surface area is 350 Å². The van der Waals surface area contributed by atoms with Crippen LogP contribution in [0.15, 0.2) is 85.2 Å². The van der Waals surface area contributed by atoms with Crippen molar-refractivity contribution in [1.82, 2.24) is 30.0 Å². The normalized spacial score (nSPS) is 21.8. The van der Waals surface area contributed by atoms with Crippen LogP contribution in [0.2, 0.25) is 0 Å². The van der Waals surface area contributed by atoms with Gasteiger partial charge in [0.2, 0.25) is 0 Å². The van der Waals surface area contributed by atoms with Crippen LogP contribution in [0.25, 0.3) is 0 Å². The summed E-state index contributed by atoms with van der Waals surface area (Å²) >= 11 is 0. The molecular weight excluding hydrogens is 745 g/mol. The molecule has 4 aliphatic heterocycles. The zero-order valence-corrected chi connectivity index (χ0v) is 35.5. The summed E-state index contributed by atoms with van der Waals surface area (Å²) in [5.74, 6) is 2.90. The number of fused-ring (bicyclic) bond motifs is 2. The number of carbonyl (C=O) groups is 1. The first kappa shape index (κ1) is 42.2. The lowest BCUT2D eigenvalue weighted by Crippen LogP contribution is -2.51. The number of hydrogen-bond acceptors (Lipinski definition) is 11. The third-order valence-electron chi connectivity index (χ3n) is 11.4. The SMILES string of the molecule is CC1CC(N(Cc2cc3c(cn2)OCCO3)C(=O)OC(C)(C)C)CCN1Cc1ccccc1.CC1CC(NCc2cc3c(cn2)OCCO3)CCN1Cc1ccccc1. The van der Waals surface area contributed by atoms with Gasteiger partial charge in [0.15, 0.2) is 23.0 Å². The molecule has 2 aromatic carbocycles. The maximum Gasteiger partial charge on any atom is 0.410 e.